The van der Waals surface area contributed by atoms with Crippen LogP contribution in [0.3, 0.4) is 0 Å². The van der Waals surface area contributed by atoms with Gasteiger partial charge in [-0.2, -0.15) is 9.67 Å². The molecular formula is C19H20F3N5O2. The highest BCUT2D eigenvalue weighted by atomic mass is 19.4. The van der Waals surface area contributed by atoms with Crippen molar-refractivity contribution in [3.05, 3.63) is 48.5 Å². The zero-order chi connectivity index (χ0) is 20.9. The molecule has 3 N–H and O–H groups in total. The number of alkyl halides is 3. The van der Waals surface area contributed by atoms with Crippen molar-refractivity contribution in [3.8, 4) is 22.8 Å². The van der Waals surface area contributed by atoms with E-state index in [-0.39, 0.29) is 5.75 Å². The van der Waals surface area contributed by atoms with Gasteiger partial charge < -0.3 is 20.5 Å². The van der Waals surface area contributed by atoms with Gasteiger partial charge in [-0.3, -0.25) is 0 Å². The predicted octanol–water partition coefficient (Wildman–Crippen LogP) is 3.86. The maximum atomic E-state index is 12.4. The molecule has 3 rings (SSSR count). The number of anilines is 2. The minimum Gasteiger partial charge on any atom is -0.406 e. The molecule has 2 aromatic carbocycles. The number of rotatable bonds is 8. The molecule has 3 aromatic rings. The average molecular weight is 407 g/mol. The van der Waals surface area contributed by atoms with Crippen molar-refractivity contribution in [3.63, 3.8) is 0 Å². The summed E-state index contributed by atoms with van der Waals surface area (Å²) >= 11 is 0. The van der Waals surface area contributed by atoms with Crippen LogP contribution in [0.4, 0.5) is 24.8 Å². The highest BCUT2D eigenvalue weighted by Crippen LogP contribution is 2.26. The second kappa shape index (κ2) is 8.82. The minimum absolute atomic E-state index is 0.314. The van der Waals surface area contributed by atoms with Crippen LogP contribution in [-0.2, 0) is 4.74 Å². The topological polar surface area (TPSA) is 87.2 Å². The molecule has 0 aliphatic heterocycles. The van der Waals surface area contributed by atoms with E-state index in [0.29, 0.717) is 42.9 Å². The number of hydrogen-bond acceptors (Lipinski definition) is 6. The molecular weight excluding hydrogens is 387 g/mol. The molecule has 0 atom stereocenters. The summed E-state index contributed by atoms with van der Waals surface area (Å²) in [7, 11) is 0. The fraction of sp³-hybridized carbons (Fsp3) is 0.263. The van der Waals surface area contributed by atoms with Gasteiger partial charge >= 0.3 is 6.36 Å². The van der Waals surface area contributed by atoms with Gasteiger partial charge in [0.25, 0.3) is 0 Å². The molecule has 0 unspecified atom stereocenters. The Labute approximate surface area is 165 Å². The van der Waals surface area contributed by atoms with Crippen molar-refractivity contribution in [1.82, 2.24) is 14.8 Å². The molecule has 7 nitrogen and oxygen atoms in total. The molecule has 0 bridgehead atoms. The van der Waals surface area contributed by atoms with Crippen LogP contribution in [-0.4, -0.2) is 40.9 Å². The van der Waals surface area contributed by atoms with Crippen LogP contribution in [0.1, 0.15) is 6.92 Å². The van der Waals surface area contributed by atoms with Gasteiger partial charge in [0, 0.05) is 24.4 Å². The van der Waals surface area contributed by atoms with Gasteiger partial charge in [0.1, 0.15) is 5.75 Å². The van der Waals surface area contributed by atoms with E-state index < -0.39 is 6.36 Å². The lowest BCUT2D eigenvalue weighted by Gasteiger charge is -2.11. The highest BCUT2D eigenvalue weighted by Gasteiger charge is 2.31. The monoisotopic (exact) mass is 407 g/mol. The quantitative estimate of drug-likeness (QED) is 0.436. The fourth-order valence-electron chi connectivity index (χ4n) is 2.53. The number of benzene rings is 2. The van der Waals surface area contributed by atoms with Crippen LogP contribution >= 0.6 is 0 Å². The third-order valence-corrected chi connectivity index (χ3v) is 3.82. The highest BCUT2D eigenvalue weighted by molar-refractivity contribution is 5.60. The first-order valence-electron chi connectivity index (χ1n) is 8.86. The van der Waals surface area contributed by atoms with Crippen molar-refractivity contribution < 1.29 is 22.6 Å². The van der Waals surface area contributed by atoms with Crippen LogP contribution in [0, 0.1) is 0 Å². The Morgan fingerprint density at radius 3 is 2.38 bits per heavy atom. The number of nitrogens with two attached hydrogens (primary N) is 1. The van der Waals surface area contributed by atoms with Crippen molar-refractivity contribution in [2.45, 2.75) is 13.3 Å². The molecule has 0 saturated carbocycles. The zero-order valence-corrected chi connectivity index (χ0v) is 15.6. The number of hydrogen-bond donors (Lipinski definition) is 2. The summed E-state index contributed by atoms with van der Waals surface area (Å²) in [5, 5.41) is 7.61. The molecule has 1 aromatic heterocycles. The van der Waals surface area contributed by atoms with Gasteiger partial charge in [0.2, 0.25) is 5.95 Å². The molecule has 0 saturated heterocycles. The van der Waals surface area contributed by atoms with Crippen molar-refractivity contribution in [2.24, 2.45) is 0 Å². The van der Waals surface area contributed by atoms with Gasteiger partial charge in [-0.15, -0.1) is 18.3 Å². The molecule has 10 heteroatoms. The van der Waals surface area contributed by atoms with Crippen molar-refractivity contribution in [1.29, 1.82) is 0 Å². The van der Waals surface area contributed by atoms with E-state index in [2.05, 4.69) is 20.1 Å². The van der Waals surface area contributed by atoms with Gasteiger partial charge in [-0.1, -0.05) is 0 Å². The zero-order valence-electron chi connectivity index (χ0n) is 15.6. The molecule has 1 heterocycles. The Balaban J connectivity index is 1.89. The third-order valence-electron chi connectivity index (χ3n) is 3.82. The second-order valence-corrected chi connectivity index (χ2v) is 5.96. The summed E-state index contributed by atoms with van der Waals surface area (Å²) in [4.78, 5) is 4.50. The SMILES string of the molecule is CCOCCNc1nc(-c2ccc(N)cc2)nn1-c1ccc(OC(F)(F)F)cc1. The van der Waals surface area contributed by atoms with Crippen LogP contribution in [0.15, 0.2) is 48.5 Å². The van der Waals surface area contributed by atoms with E-state index in [4.69, 9.17) is 10.5 Å². The van der Waals surface area contributed by atoms with Crippen LogP contribution in [0.2, 0.25) is 0 Å². The Bertz CT molecular complexity index is 925. The maximum absolute atomic E-state index is 12.4. The maximum Gasteiger partial charge on any atom is 0.573 e. The summed E-state index contributed by atoms with van der Waals surface area (Å²) in [5.41, 5.74) is 7.61. The largest absolute Gasteiger partial charge is 0.573 e. The fourth-order valence-corrected chi connectivity index (χ4v) is 2.53. The first kappa shape index (κ1) is 20.5. The summed E-state index contributed by atoms with van der Waals surface area (Å²) in [6.07, 6.45) is -4.75. The summed E-state index contributed by atoms with van der Waals surface area (Å²) in [6, 6.07) is 12.4. The number of aromatic nitrogens is 3. The molecule has 29 heavy (non-hydrogen) atoms. The molecule has 0 radical (unpaired) electrons. The lowest BCUT2D eigenvalue weighted by molar-refractivity contribution is -0.274. The number of halogens is 3. The molecule has 0 aliphatic rings. The van der Waals surface area contributed by atoms with Gasteiger partial charge in [0.15, 0.2) is 5.82 Å². The van der Waals surface area contributed by atoms with Gasteiger partial charge in [-0.05, 0) is 55.5 Å². The lowest BCUT2D eigenvalue weighted by atomic mass is 10.2. The normalized spacial score (nSPS) is 11.4. The molecule has 0 aliphatic carbocycles. The van der Waals surface area contributed by atoms with Crippen LogP contribution in [0.5, 0.6) is 5.75 Å². The van der Waals surface area contributed by atoms with E-state index >= 15 is 0 Å². The van der Waals surface area contributed by atoms with E-state index in [9.17, 15) is 13.2 Å². The van der Waals surface area contributed by atoms with Crippen LogP contribution in [0.25, 0.3) is 17.1 Å². The first-order chi connectivity index (χ1) is 13.9. The van der Waals surface area contributed by atoms with Gasteiger partial charge in [0.05, 0.1) is 12.3 Å². The van der Waals surface area contributed by atoms with Crippen molar-refractivity contribution >= 4 is 11.6 Å². The number of nitrogens with one attached hydrogen (secondary N) is 1. The standard InChI is InChI=1S/C19H20F3N5O2/c1-2-28-12-11-24-18-25-17(13-3-5-14(23)6-4-13)26-27(18)15-7-9-16(10-8-15)29-19(20,21)22/h3-10H,2,11-12,23H2,1H3,(H,24,25,26). The summed E-state index contributed by atoms with van der Waals surface area (Å²) < 4.78 is 47.8. The smallest absolute Gasteiger partial charge is 0.406 e. The molecule has 0 spiro atoms. The minimum atomic E-state index is -4.75. The average Bonchev–Trinajstić information content (AvgIpc) is 3.09. The van der Waals surface area contributed by atoms with Gasteiger partial charge in [-0.25, -0.2) is 0 Å². The molecule has 0 amide bonds. The number of nitrogens with zero attached hydrogens (tertiary/aromatic N) is 3. The Morgan fingerprint density at radius 1 is 1.07 bits per heavy atom. The van der Waals surface area contributed by atoms with E-state index in [1.807, 2.05) is 6.92 Å². The first-order valence-corrected chi connectivity index (χ1v) is 8.86. The van der Waals surface area contributed by atoms with E-state index in [1.165, 1.54) is 28.9 Å². The van der Waals surface area contributed by atoms with Crippen LogP contribution < -0.4 is 15.8 Å². The number of ether oxygens (including phenoxy) is 2. The van der Waals surface area contributed by atoms with E-state index in [1.54, 1.807) is 24.3 Å². The summed E-state index contributed by atoms with van der Waals surface area (Å²) in [5.74, 6) is 0.562. The predicted molar refractivity (Wildman–Crippen MR) is 103 cm³/mol. The lowest BCUT2D eigenvalue weighted by Crippen LogP contribution is -2.17. The third kappa shape index (κ3) is 5.61. The Morgan fingerprint density at radius 2 is 1.76 bits per heavy atom. The Kier molecular flexibility index (Phi) is 6.23. The molecule has 0 fully saturated rings. The summed E-state index contributed by atoms with van der Waals surface area (Å²) in [6.45, 7) is 3.44. The van der Waals surface area contributed by atoms with Crippen molar-refractivity contribution in [2.75, 3.05) is 30.8 Å². The number of nitrogen functional groups attached to an aromatic ring is 1. The Hall–Kier alpha value is -3.27. The second-order valence-electron chi connectivity index (χ2n) is 5.96. The molecule has 154 valence electrons. The van der Waals surface area contributed by atoms with E-state index in [0.717, 1.165) is 5.56 Å².